The van der Waals surface area contributed by atoms with Gasteiger partial charge in [0, 0.05) is 0 Å². The van der Waals surface area contributed by atoms with E-state index in [4.69, 9.17) is 0 Å². The van der Waals surface area contributed by atoms with Crippen LogP contribution in [0.1, 0.15) is 0 Å². The van der Waals surface area contributed by atoms with Crippen LogP contribution in [0.5, 0.6) is 0 Å². The first-order chi connectivity index (χ1) is 8.79. The maximum Gasteiger partial charge on any atom is 0.142 e. The van der Waals surface area contributed by atoms with Gasteiger partial charge in [0.15, 0.2) is 0 Å². The van der Waals surface area contributed by atoms with Crippen LogP contribution in [0.15, 0.2) is 67.5 Å². The van der Waals surface area contributed by atoms with Gasteiger partial charge in [-0.25, -0.2) is 0 Å². The number of aliphatic hydroxyl groups is 1. The fourth-order valence-electron chi connectivity index (χ4n) is 2.02. The Morgan fingerprint density at radius 1 is 1.11 bits per heavy atom. The van der Waals surface area contributed by atoms with E-state index in [0.29, 0.717) is 5.70 Å². The number of hydrogen-bond acceptors (Lipinski definition) is 1. The first-order valence-electron chi connectivity index (χ1n) is 5.63. The molecular weight excluding hydrogens is 226 g/mol. The highest BCUT2D eigenvalue weighted by molar-refractivity contribution is 5.80. The van der Waals surface area contributed by atoms with E-state index < -0.39 is 0 Å². The summed E-state index contributed by atoms with van der Waals surface area (Å²) in [6.07, 6.45) is 6.66. The summed E-state index contributed by atoms with van der Waals surface area (Å²) in [5, 5.41) is 9.88. The minimum absolute atomic E-state index is 0.133. The average molecular weight is 239 g/mol. The minimum atomic E-state index is 0.133. The van der Waals surface area contributed by atoms with E-state index in [0.717, 1.165) is 11.0 Å². The molecule has 0 aliphatic heterocycles. The maximum absolute atomic E-state index is 9.88. The number of rotatable bonds is 4. The van der Waals surface area contributed by atoms with Crippen LogP contribution in [0.2, 0.25) is 0 Å². The molecule has 0 saturated heterocycles. The van der Waals surface area contributed by atoms with Crippen LogP contribution >= 0.6 is 0 Å². The molecule has 1 N–H and O–H groups in total. The number of aromatic nitrogens is 3. The summed E-state index contributed by atoms with van der Waals surface area (Å²) in [6, 6.07) is 8.04. The fraction of sp³-hybridized carbons (Fsp3) is 0. The molecule has 3 rings (SSSR count). The first kappa shape index (κ1) is 10.5. The lowest BCUT2D eigenvalue weighted by Crippen LogP contribution is -1.91. The van der Waals surface area contributed by atoms with Gasteiger partial charge in [-0.1, -0.05) is 37.4 Å². The normalized spacial score (nSPS) is 13.8. The lowest BCUT2D eigenvalue weighted by Gasteiger charge is -1.95. The van der Waals surface area contributed by atoms with E-state index in [-0.39, 0.29) is 5.76 Å². The summed E-state index contributed by atoms with van der Waals surface area (Å²) in [7, 11) is 0. The predicted octanol–water partition coefficient (Wildman–Crippen LogP) is 3.09. The van der Waals surface area contributed by atoms with E-state index in [1.54, 1.807) is 18.2 Å². The molecule has 0 radical (unpaired) electrons. The third-order valence-electron chi connectivity index (χ3n) is 2.88. The quantitative estimate of drug-likeness (QED) is 0.551. The number of benzene rings is 1. The minimum Gasteiger partial charge on any atom is -0.506 e. The van der Waals surface area contributed by atoms with E-state index in [1.165, 1.54) is 6.08 Å². The number of fused-ring (bicyclic) bond motifs is 4. The fourth-order valence-corrected chi connectivity index (χ4v) is 2.02. The Morgan fingerprint density at radius 3 is 2.22 bits per heavy atom. The Labute approximate surface area is 104 Å². The molecule has 0 atom stereocenters. The Kier molecular flexibility index (Phi) is 2.16. The second kappa shape index (κ2) is 3.70. The Bertz CT molecular complexity index is 737. The molecule has 2 heterocycles. The molecule has 0 aliphatic rings. The van der Waals surface area contributed by atoms with Gasteiger partial charge in [-0.2, -0.15) is 0 Å². The highest BCUT2D eigenvalue weighted by atomic mass is 16.3. The second-order valence-electron chi connectivity index (χ2n) is 3.93. The van der Waals surface area contributed by atoms with Crippen molar-refractivity contribution >= 4 is 16.7 Å². The van der Waals surface area contributed by atoms with Gasteiger partial charge in [-0.3, -0.25) is 0 Å². The smallest absolute Gasteiger partial charge is 0.142 e. The summed E-state index contributed by atoms with van der Waals surface area (Å²) in [5.74, 6) is 0.133. The molecular formula is C14H13N3O. The molecule has 3 aromatic rings. The Balaban J connectivity index is 2.16. The van der Waals surface area contributed by atoms with E-state index in [9.17, 15) is 5.11 Å². The highest BCUT2D eigenvalue weighted by Crippen LogP contribution is 2.27. The van der Waals surface area contributed by atoms with Gasteiger partial charge < -0.3 is 5.11 Å². The monoisotopic (exact) mass is 239 g/mol. The van der Waals surface area contributed by atoms with Crippen LogP contribution in [-0.4, -0.2) is 19.2 Å². The number of aliphatic hydroxyl groups excluding tert-OH is 1. The summed E-state index contributed by atoms with van der Waals surface area (Å²) >= 11 is 0. The lowest BCUT2D eigenvalue weighted by atomic mass is 10.3. The molecule has 0 amide bonds. The van der Waals surface area contributed by atoms with Crippen molar-refractivity contribution in [2.45, 2.75) is 0 Å². The van der Waals surface area contributed by atoms with Crippen LogP contribution in [0, 0.1) is 0 Å². The number of allylic oxidation sites excluding steroid dienone is 5. The van der Waals surface area contributed by atoms with Crippen molar-refractivity contribution in [1.29, 1.82) is 0 Å². The molecule has 0 spiro atoms. The molecule has 0 bridgehead atoms. The molecule has 4 nitrogen and oxygen atoms in total. The number of para-hydroxylation sites is 2. The molecule has 0 saturated carbocycles. The topological polar surface area (TPSA) is 34.0 Å². The third kappa shape index (κ3) is 1.26. The molecule has 4 heteroatoms. The van der Waals surface area contributed by atoms with Gasteiger partial charge >= 0.3 is 0 Å². The van der Waals surface area contributed by atoms with E-state index in [1.807, 2.05) is 38.3 Å². The molecule has 90 valence electrons. The molecule has 0 fully saturated rings. The van der Waals surface area contributed by atoms with Gasteiger partial charge in [0.2, 0.25) is 0 Å². The molecule has 0 aliphatic carbocycles. The van der Waals surface area contributed by atoms with E-state index >= 15 is 0 Å². The van der Waals surface area contributed by atoms with Crippen molar-refractivity contribution in [2.24, 2.45) is 0 Å². The van der Waals surface area contributed by atoms with Crippen molar-refractivity contribution in [3.8, 4) is 0 Å². The molecule has 0 unspecified atom stereocenters. The summed E-state index contributed by atoms with van der Waals surface area (Å²) in [6.45, 7) is 7.22. The van der Waals surface area contributed by atoms with E-state index in [2.05, 4.69) is 13.2 Å². The zero-order chi connectivity index (χ0) is 12.7. The van der Waals surface area contributed by atoms with Crippen molar-refractivity contribution in [2.75, 3.05) is 0 Å². The summed E-state index contributed by atoms with van der Waals surface area (Å²) in [4.78, 5) is 1.88. The number of hydrogen-bond donors (Lipinski definition) is 1. The van der Waals surface area contributed by atoms with Gasteiger partial charge in [0.1, 0.15) is 22.5 Å². The highest BCUT2D eigenvalue weighted by Gasteiger charge is 2.24. The lowest BCUT2D eigenvalue weighted by molar-refractivity contribution is 0.433. The molecule has 18 heavy (non-hydrogen) atoms. The van der Waals surface area contributed by atoms with Crippen molar-refractivity contribution in [3.63, 3.8) is 0 Å². The number of nitrogens with zero attached hydrogens (tertiary/aromatic N) is 3. The largest absolute Gasteiger partial charge is 0.506 e. The van der Waals surface area contributed by atoms with Crippen LogP contribution in [-0.2, 0) is 0 Å². The van der Waals surface area contributed by atoms with Crippen molar-refractivity contribution < 1.29 is 5.11 Å². The molecule has 1 aromatic carbocycles. The Morgan fingerprint density at radius 2 is 1.72 bits per heavy atom. The van der Waals surface area contributed by atoms with Crippen LogP contribution < -0.4 is 0 Å². The zero-order valence-corrected chi connectivity index (χ0v) is 9.82. The average Bonchev–Trinajstić information content (AvgIpc) is 3.04. The van der Waals surface area contributed by atoms with Crippen LogP contribution in [0.25, 0.3) is 16.7 Å². The van der Waals surface area contributed by atoms with Crippen LogP contribution in [0.3, 0.4) is 0 Å². The first-order valence-corrected chi connectivity index (χ1v) is 5.63. The predicted molar refractivity (Wildman–Crippen MR) is 72.9 cm³/mol. The third-order valence-corrected chi connectivity index (χ3v) is 2.88. The van der Waals surface area contributed by atoms with Crippen LogP contribution in [0.4, 0.5) is 0 Å². The van der Waals surface area contributed by atoms with Gasteiger partial charge in [0.25, 0.3) is 0 Å². The van der Waals surface area contributed by atoms with Gasteiger partial charge in [0.05, 0.1) is 0 Å². The Hall–Kier alpha value is -2.62. The summed E-state index contributed by atoms with van der Waals surface area (Å²) < 4.78 is 3.94. The zero-order valence-electron chi connectivity index (χ0n) is 9.82. The second-order valence-corrected chi connectivity index (χ2v) is 3.93. The van der Waals surface area contributed by atoms with Crippen molar-refractivity contribution in [3.05, 3.63) is 67.5 Å². The standard InChI is InChI=1S/C14H13N3O/c1-3-5-8-13(14(18)4-2)17-15-11-9-6-7-10-12(11)16(15)17/h3-10,18H,1-2H2/b8-5-,14-13-. The van der Waals surface area contributed by atoms with Gasteiger partial charge in [-0.15, -0.1) is 14.1 Å². The SMILES string of the molecule is C=C/C=C\C(=C(\O)C=C)n1n2c3ccccc3n12. The van der Waals surface area contributed by atoms with Gasteiger partial charge in [-0.05, 0) is 24.3 Å². The molecule has 2 aromatic heterocycles. The summed E-state index contributed by atoms with van der Waals surface area (Å²) in [5.41, 5.74) is 2.92. The van der Waals surface area contributed by atoms with Crippen molar-refractivity contribution in [1.82, 2.24) is 14.1 Å². The maximum atomic E-state index is 9.88.